The third-order valence-corrected chi connectivity index (χ3v) is 2.13. The summed E-state index contributed by atoms with van der Waals surface area (Å²) in [5.41, 5.74) is 2.02. The SMILES string of the molecule is CC.Cc1ccc(O)c(O)c1.Cc1cccc(O)c1.O. The highest BCUT2D eigenvalue weighted by Gasteiger charge is 1.94. The summed E-state index contributed by atoms with van der Waals surface area (Å²) in [5.74, 6) is 0.209. The van der Waals surface area contributed by atoms with E-state index < -0.39 is 0 Å². The molecule has 5 N–H and O–H groups in total. The van der Waals surface area contributed by atoms with Gasteiger partial charge in [0.25, 0.3) is 0 Å². The molecule has 0 fully saturated rings. The van der Waals surface area contributed by atoms with Crippen LogP contribution in [-0.2, 0) is 0 Å². The Balaban J connectivity index is 0. The van der Waals surface area contributed by atoms with Gasteiger partial charge in [-0.05, 0) is 49.2 Å². The Bertz CT molecular complexity index is 478. The van der Waals surface area contributed by atoms with Crippen molar-refractivity contribution in [3.8, 4) is 17.2 Å². The fourth-order valence-electron chi connectivity index (χ4n) is 1.26. The van der Waals surface area contributed by atoms with Gasteiger partial charge in [-0.2, -0.15) is 0 Å². The van der Waals surface area contributed by atoms with E-state index in [2.05, 4.69) is 0 Å². The summed E-state index contributed by atoms with van der Waals surface area (Å²) in [6.07, 6.45) is 0. The molecule has 0 radical (unpaired) electrons. The molecule has 2 aromatic carbocycles. The third kappa shape index (κ3) is 8.00. The van der Waals surface area contributed by atoms with Crippen LogP contribution in [0.5, 0.6) is 17.2 Å². The maximum absolute atomic E-state index is 8.85. The molecule has 0 saturated heterocycles. The highest BCUT2D eigenvalue weighted by atomic mass is 16.3. The van der Waals surface area contributed by atoms with E-state index in [1.54, 1.807) is 18.2 Å². The van der Waals surface area contributed by atoms with E-state index in [1.807, 2.05) is 39.8 Å². The van der Waals surface area contributed by atoms with Crippen molar-refractivity contribution in [2.24, 2.45) is 0 Å². The molecule has 0 aliphatic carbocycles. The van der Waals surface area contributed by atoms with Crippen LogP contribution in [-0.4, -0.2) is 20.8 Å². The number of hydrogen-bond donors (Lipinski definition) is 3. The Kier molecular flexibility index (Phi) is 10.8. The molecule has 0 unspecified atom stereocenters. The topological polar surface area (TPSA) is 92.2 Å². The average Bonchev–Trinajstić information content (AvgIpc) is 2.37. The van der Waals surface area contributed by atoms with E-state index in [-0.39, 0.29) is 17.0 Å². The number of benzene rings is 2. The Morgan fingerprint density at radius 3 is 1.60 bits per heavy atom. The van der Waals surface area contributed by atoms with Crippen molar-refractivity contribution >= 4 is 0 Å². The van der Waals surface area contributed by atoms with E-state index >= 15 is 0 Å². The van der Waals surface area contributed by atoms with Crippen molar-refractivity contribution < 1.29 is 20.8 Å². The highest BCUT2D eigenvalue weighted by molar-refractivity contribution is 5.39. The molecule has 4 heteroatoms. The van der Waals surface area contributed by atoms with Crippen LogP contribution in [0.3, 0.4) is 0 Å². The first-order chi connectivity index (χ1) is 8.99. The molecule has 0 bridgehead atoms. The van der Waals surface area contributed by atoms with Crippen LogP contribution in [0.25, 0.3) is 0 Å². The maximum Gasteiger partial charge on any atom is 0.157 e. The van der Waals surface area contributed by atoms with Gasteiger partial charge in [0.2, 0.25) is 0 Å². The zero-order valence-corrected chi connectivity index (χ0v) is 12.4. The van der Waals surface area contributed by atoms with Gasteiger partial charge < -0.3 is 20.8 Å². The standard InChI is InChI=1S/C7H8O2.C7H8O.C2H6.H2O/c1-5-2-3-6(8)7(9)4-5;1-6-3-2-4-7(8)5-6;1-2;/h2-4,8-9H,1H3;2-5,8H,1H3;1-2H3;1H2. The lowest BCUT2D eigenvalue weighted by Gasteiger charge is -1.95. The molecule has 2 rings (SSSR count). The number of rotatable bonds is 0. The Morgan fingerprint density at radius 1 is 0.700 bits per heavy atom. The van der Waals surface area contributed by atoms with Gasteiger partial charge in [0.1, 0.15) is 5.75 Å². The fourth-order valence-corrected chi connectivity index (χ4v) is 1.26. The molecule has 4 nitrogen and oxygen atoms in total. The summed E-state index contributed by atoms with van der Waals surface area (Å²) < 4.78 is 0. The second-order valence-corrected chi connectivity index (χ2v) is 3.83. The van der Waals surface area contributed by atoms with Gasteiger partial charge in [0.05, 0.1) is 0 Å². The van der Waals surface area contributed by atoms with Gasteiger partial charge in [-0.25, -0.2) is 0 Å². The molecule has 0 saturated carbocycles. The van der Waals surface area contributed by atoms with Crippen LogP contribution >= 0.6 is 0 Å². The molecular weight excluding hydrogens is 256 g/mol. The summed E-state index contributed by atoms with van der Waals surface area (Å²) >= 11 is 0. The van der Waals surface area contributed by atoms with Crippen LogP contribution in [0.4, 0.5) is 0 Å². The Labute approximate surface area is 120 Å². The number of phenols is 3. The van der Waals surface area contributed by atoms with Crippen LogP contribution in [0.15, 0.2) is 42.5 Å². The fraction of sp³-hybridized carbons (Fsp3) is 0.250. The highest BCUT2D eigenvalue weighted by Crippen LogP contribution is 2.23. The molecular formula is C16H24O4. The summed E-state index contributed by atoms with van der Waals surface area (Å²) in [6, 6.07) is 11.9. The lowest BCUT2D eigenvalue weighted by atomic mass is 10.2. The first-order valence-corrected chi connectivity index (χ1v) is 6.23. The first kappa shape index (κ1) is 20.1. The van der Waals surface area contributed by atoms with Crippen molar-refractivity contribution in [3.05, 3.63) is 53.6 Å². The summed E-state index contributed by atoms with van der Waals surface area (Å²) in [7, 11) is 0. The van der Waals surface area contributed by atoms with E-state index in [0.29, 0.717) is 5.75 Å². The van der Waals surface area contributed by atoms with Crippen LogP contribution in [0.2, 0.25) is 0 Å². The number of hydrogen-bond acceptors (Lipinski definition) is 3. The summed E-state index contributed by atoms with van der Waals surface area (Å²) in [5, 5.41) is 26.5. The molecule has 0 aliphatic heterocycles. The molecule has 2 aromatic rings. The van der Waals surface area contributed by atoms with Crippen molar-refractivity contribution in [3.63, 3.8) is 0 Å². The van der Waals surface area contributed by atoms with Gasteiger partial charge in [0.15, 0.2) is 11.5 Å². The summed E-state index contributed by atoms with van der Waals surface area (Å²) in [6.45, 7) is 7.79. The predicted molar refractivity (Wildman–Crippen MR) is 82.3 cm³/mol. The van der Waals surface area contributed by atoms with Gasteiger partial charge in [0, 0.05) is 0 Å². The third-order valence-electron chi connectivity index (χ3n) is 2.13. The molecule has 0 heterocycles. The monoisotopic (exact) mass is 280 g/mol. The van der Waals surface area contributed by atoms with Crippen molar-refractivity contribution in [1.82, 2.24) is 0 Å². The molecule has 0 atom stereocenters. The minimum absolute atomic E-state index is 0. The molecule has 0 amide bonds. The lowest BCUT2D eigenvalue weighted by molar-refractivity contribution is 0.403. The molecule has 20 heavy (non-hydrogen) atoms. The van der Waals surface area contributed by atoms with Gasteiger partial charge in [-0.1, -0.05) is 32.0 Å². The van der Waals surface area contributed by atoms with Crippen LogP contribution in [0.1, 0.15) is 25.0 Å². The smallest absolute Gasteiger partial charge is 0.157 e. The van der Waals surface area contributed by atoms with Crippen LogP contribution < -0.4 is 0 Å². The van der Waals surface area contributed by atoms with Crippen molar-refractivity contribution in [2.45, 2.75) is 27.7 Å². The number of phenolic OH excluding ortho intramolecular Hbond substituents is 3. The van der Waals surface area contributed by atoms with Gasteiger partial charge >= 0.3 is 0 Å². The quantitative estimate of drug-likeness (QED) is 0.646. The zero-order chi connectivity index (χ0) is 14.8. The van der Waals surface area contributed by atoms with E-state index in [4.69, 9.17) is 15.3 Å². The van der Waals surface area contributed by atoms with Crippen molar-refractivity contribution in [2.75, 3.05) is 0 Å². The molecule has 0 aliphatic rings. The van der Waals surface area contributed by atoms with Crippen molar-refractivity contribution in [1.29, 1.82) is 0 Å². The van der Waals surface area contributed by atoms with Gasteiger partial charge in [-0.15, -0.1) is 0 Å². The molecule has 0 spiro atoms. The second kappa shape index (κ2) is 10.7. The first-order valence-electron chi connectivity index (χ1n) is 6.23. The predicted octanol–water partition coefficient (Wildman–Crippen LogP) is 3.31. The van der Waals surface area contributed by atoms with Crippen LogP contribution in [0, 0.1) is 13.8 Å². The number of aryl methyl sites for hydroxylation is 2. The summed E-state index contributed by atoms with van der Waals surface area (Å²) in [4.78, 5) is 0. The van der Waals surface area contributed by atoms with E-state index in [1.165, 1.54) is 12.1 Å². The lowest BCUT2D eigenvalue weighted by Crippen LogP contribution is -1.70. The van der Waals surface area contributed by atoms with E-state index in [0.717, 1.165) is 11.1 Å². The normalized spacial score (nSPS) is 8.20. The minimum atomic E-state index is -0.0689. The second-order valence-electron chi connectivity index (χ2n) is 3.83. The largest absolute Gasteiger partial charge is 0.508 e. The van der Waals surface area contributed by atoms with E-state index in [9.17, 15) is 0 Å². The molecule has 0 aromatic heterocycles. The van der Waals surface area contributed by atoms with Gasteiger partial charge in [-0.3, -0.25) is 0 Å². The molecule has 112 valence electrons. The zero-order valence-electron chi connectivity index (χ0n) is 12.4. The Morgan fingerprint density at radius 2 is 1.25 bits per heavy atom. The average molecular weight is 280 g/mol. The Hall–Kier alpha value is -2.20. The minimum Gasteiger partial charge on any atom is -0.508 e. The number of aromatic hydroxyl groups is 3. The maximum atomic E-state index is 8.85.